The first-order chi connectivity index (χ1) is 9.11. The van der Waals surface area contributed by atoms with Crippen LogP contribution in [0.5, 0.6) is 0 Å². The molecule has 0 aliphatic carbocycles. The summed E-state index contributed by atoms with van der Waals surface area (Å²) in [5.41, 5.74) is 8.12. The van der Waals surface area contributed by atoms with Gasteiger partial charge in [0, 0.05) is 28.2 Å². The Balaban J connectivity index is 2.35. The molecule has 2 aromatic rings. The van der Waals surface area contributed by atoms with E-state index in [1.54, 1.807) is 11.3 Å². The Bertz CT molecular complexity index is 523. The molecule has 0 spiro atoms. The minimum absolute atomic E-state index is 0.394. The van der Waals surface area contributed by atoms with Crippen LogP contribution in [0.4, 0.5) is 5.69 Å². The van der Waals surface area contributed by atoms with E-state index in [4.69, 9.17) is 17.3 Å². The van der Waals surface area contributed by atoms with Crippen LogP contribution in [0.3, 0.4) is 0 Å². The predicted molar refractivity (Wildman–Crippen MR) is 85.0 cm³/mol. The molecule has 0 unspecified atom stereocenters. The number of thiophene rings is 1. The molecule has 0 atom stereocenters. The number of hydrogen-bond donors (Lipinski definition) is 1. The van der Waals surface area contributed by atoms with E-state index < -0.39 is 0 Å². The summed E-state index contributed by atoms with van der Waals surface area (Å²) >= 11 is 7.91. The summed E-state index contributed by atoms with van der Waals surface area (Å²) in [4.78, 5) is 3.69. The molecule has 2 rings (SSSR count). The number of anilines is 1. The SMILES string of the molecule is CC(C)N(Cc1cccs1)c1cc(Cl)ccc1CN. The van der Waals surface area contributed by atoms with Crippen LogP contribution >= 0.6 is 22.9 Å². The third kappa shape index (κ3) is 3.50. The summed E-state index contributed by atoms with van der Waals surface area (Å²) in [5, 5.41) is 2.86. The topological polar surface area (TPSA) is 29.3 Å². The van der Waals surface area contributed by atoms with Gasteiger partial charge in [0.05, 0.1) is 6.54 Å². The van der Waals surface area contributed by atoms with Crippen LogP contribution in [-0.2, 0) is 13.1 Å². The number of nitrogens with two attached hydrogens (primary N) is 1. The molecular weight excluding hydrogens is 276 g/mol. The smallest absolute Gasteiger partial charge is 0.0525 e. The Morgan fingerprint density at radius 2 is 2.11 bits per heavy atom. The third-order valence-electron chi connectivity index (χ3n) is 3.11. The van der Waals surface area contributed by atoms with Crippen molar-refractivity contribution in [2.75, 3.05) is 4.90 Å². The molecule has 1 heterocycles. The van der Waals surface area contributed by atoms with Crippen LogP contribution in [0.25, 0.3) is 0 Å². The van der Waals surface area contributed by atoms with E-state index in [-0.39, 0.29) is 0 Å². The van der Waals surface area contributed by atoms with Gasteiger partial charge in [0.1, 0.15) is 0 Å². The van der Waals surface area contributed by atoms with Gasteiger partial charge in [-0.15, -0.1) is 11.3 Å². The summed E-state index contributed by atoms with van der Waals surface area (Å²) < 4.78 is 0. The highest BCUT2D eigenvalue weighted by Crippen LogP contribution is 2.28. The lowest BCUT2D eigenvalue weighted by Crippen LogP contribution is -2.31. The molecular formula is C15H19ClN2S. The van der Waals surface area contributed by atoms with Crippen LogP contribution in [0.1, 0.15) is 24.3 Å². The largest absolute Gasteiger partial charge is 0.364 e. The highest BCUT2D eigenvalue weighted by molar-refractivity contribution is 7.09. The highest BCUT2D eigenvalue weighted by Gasteiger charge is 2.15. The molecule has 0 radical (unpaired) electrons. The van der Waals surface area contributed by atoms with Gasteiger partial charge in [-0.2, -0.15) is 0 Å². The summed E-state index contributed by atoms with van der Waals surface area (Å²) in [7, 11) is 0. The first kappa shape index (κ1) is 14.4. The lowest BCUT2D eigenvalue weighted by atomic mass is 10.1. The highest BCUT2D eigenvalue weighted by atomic mass is 35.5. The maximum absolute atomic E-state index is 6.14. The molecule has 0 saturated carbocycles. The van der Waals surface area contributed by atoms with Gasteiger partial charge >= 0.3 is 0 Å². The molecule has 0 aliphatic heterocycles. The lowest BCUT2D eigenvalue weighted by molar-refractivity contribution is 0.683. The van der Waals surface area contributed by atoms with Gasteiger partial charge in [0.2, 0.25) is 0 Å². The van der Waals surface area contributed by atoms with E-state index in [0.717, 1.165) is 22.8 Å². The monoisotopic (exact) mass is 294 g/mol. The van der Waals surface area contributed by atoms with Crippen LogP contribution in [0, 0.1) is 0 Å². The summed E-state index contributed by atoms with van der Waals surface area (Å²) in [5.74, 6) is 0. The normalized spacial score (nSPS) is 11.0. The molecule has 1 aromatic carbocycles. The van der Waals surface area contributed by atoms with Crippen molar-refractivity contribution in [1.29, 1.82) is 0 Å². The molecule has 2 nitrogen and oxygen atoms in total. The van der Waals surface area contributed by atoms with E-state index >= 15 is 0 Å². The average Bonchev–Trinajstić information content (AvgIpc) is 2.88. The van der Waals surface area contributed by atoms with Crippen molar-refractivity contribution in [3.05, 3.63) is 51.2 Å². The van der Waals surface area contributed by atoms with Gasteiger partial charge in [-0.1, -0.05) is 23.7 Å². The quantitative estimate of drug-likeness (QED) is 0.892. The van der Waals surface area contributed by atoms with E-state index in [2.05, 4.69) is 36.3 Å². The van der Waals surface area contributed by atoms with Gasteiger partial charge in [-0.25, -0.2) is 0 Å². The second kappa shape index (κ2) is 6.42. The summed E-state index contributed by atoms with van der Waals surface area (Å²) in [6, 6.07) is 10.6. The average molecular weight is 295 g/mol. The Morgan fingerprint density at radius 3 is 2.68 bits per heavy atom. The minimum atomic E-state index is 0.394. The maximum atomic E-state index is 6.14. The van der Waals surface area contributed by atoms with Gasteiger partial charge in [-0.05, 0) is 43.0 Å². The van der Waals surface area contributed by atoms with Crippen LogP contribution in [0.15, 0.2) is 35.7 Å². The van der Waals surface area contributed by atoms with Gasteiger partial charge < -0.3 is 10.6 Å². The molecule has 2 N–H and O–H groups in total. The van der Waals surface area contributed by atoms with Crippen molar-refractivity contribution in [1.82, 2.24) is 0 Å². The summed E-state index contributed by atoms with van der Waals surface area (Å²) in [6.45, 7) is 5.80. The number of hydrogen-bond acceptors (Lipinski definition) is 3. The maximum Gasteiger partial charge on any atom is 0.0525 e. The standard InChI is InChI=1S/C15H19ClN2S/c1-11(2)18(10-14-4-3-7-19-14)15-8-13(16)6-5-12(15)9-17/h3-8,11H,9-10,17H2,1-2H3. The van der Waals surface area contributed by atoms with Crippen molar-refractivity contribution in [2.45, 2.75) is 33.0 Å². The molecule has 0 bridgehead atoms. The zero-order valence-electron chi connectivity index (χ0n) is 11.3. The van der Waals surface area contributed by atoms with E-state index in [1.165, 1.54) is 4.88 Å². The first-order valence-corrected chi connectivity index (χ1v) is 7.65. The molecule has 0 saturated heterocycles. The Labute approximate surface area is 123 Å². The first-order valence-electron chi connectivity index (χ1n) is 6.39. The fourth-order valence-electron chi connectivity index (χ4n) is 2.09. The summed E-state index contributed by atoms with van der Waals surface area (Å²) in [6.07, 6.45) is 0. The van der Waals surface area contributed by atoms with Crippen molar-refractivity contribution in [3.8, 4) is 0 Å². The Hall–Kier alpha value is -1.03. The Morgan fingerprint density at radius 1 is 1.32 bits per heavy atom. The van der Waals surface area contributed by atoms with E-state index in [0.29, 0.717) is 12.6 Å². The Kier molecular flexibility index (Phi) is 4.86. The van der Waals surface area contributed by atoms with Gasteiger partial charge in [0.25, 0.3) is 0 Å². The number of rotatable bonds is 5. The molecule has 0 amide bonds. The number of halogens is 1. The molecule has 19 heavy (non-hydrogen) atoms. The van der Waals surface area contributed by atoms with E-state index in [1.807, 2.05) is 18.2 Å². The van der Waals surface area contributed by atoms with E-state index in [9.17, 15) is 0 Å². The number of benzene rings is 1. The van der Waals surface area contributed by atoms with Crippen molar-refractivity contribution in [2.24, 2.45) is 5.73 Å². The van der Waals surface area contributed by atoms with Gasteiger partial charge in [-0.3, -0.25) is 0 Å². The molecule has 102 valence electrons. The lowest BCUT2D eigenvalue weighted by Gasteiger charge is -2.30. The second-order valence-corrected chi connectivity index (χ2v) is 6.25. The fraction of sp³-hybridized carbons (Fsp3) is 0.333. The van der Waals surface area contributed by atoms with Crippen molar-refractivity contribution in [3.63, 3.8) is 0 Å². The molecule has 0 aliphatic rings. The van der Waals surface area contributed by atoms with Crippen molar-refractivity contribution >= 4 is 28.6 Å². The molecule has 0 fully saturated rings. The third-order valence-corrected chi connectivity index (χ3v) is 4.20. The van der Waals surface area contributed by atoms with Crippen LogP contribution in [-0.4, -0.2) is 6.04 Å². The number of nitrogens with zero attached hydrogens (tertiary/aromatic N) is 1. The van der Waals surface area contributed by atoms with Crippen molar-refractivity contribution < 1.29 is 0 Å². The van der Waals surface area contributed by atoms with Crippen LogP contribution < -0.4 is 10.6 Å². The fourth-order valence-corrected chi connectivity index (χ4v) is 2.96. The second-order valence-electron chi connectivity index (χ2n) is 4.78. The van der Waals surface area contributed by atoms with Gasteiger partial charge in [0.15, 0.2) is 0 Å². The predicted octanol–water partition coefficient (Wildman–Crippen LogP) is 4.28. The van der Waals surface area contributed by atoms with Crippen LogP contribution in [0.2, 0.25) is 5.02 Å². The zero-order valence-corrected chi connectivity index (χ0v) is 12.8. The molecule has 1 aromatic heterocycles. The minimum Gasteiger partial charge on any atom is -0.364 e. The zero-order chi connectivity index (χ0) is 13.8. The molecule has 4 heteroatoms.